The second-order valence-electron chi connectivity index (χ2n) is 6.39. The van der Waals surface area contributed by atoms with E-state index in [1.807, 2.05) is 0 Å². The van der Waals surface area contributed by atoms with Gasteiger partial charge in [0.05, 0.1) is 17.6 Å². The highest BCUT2D eigenvalue weighted by molar-refractivity contribution is 7.92. The monoisotopic (exact) mass is 402 g/mol. The van der Waals surface area contributed by atoms with Crippen molar-refractivity contribution in [2.24, 2.45) is 0 Å². The summed E-state index contributed by atoms with van der Waals surface area (Å²) in [6, 6.07) is 11.0. The zero-order chi connectivity index (χ0) is 20.3. The highest BCUT2D eigenvalue weighted by Crippen LogP contribution is 2.30. The molecular formula is C19H19FN4O3S. The van der Waals surface area contributed by atoms with Crippen LogP contribution in [0.3, 0.4) is 0 Å². The quantitative estimate of drug-likeness (QED) is 0.718. The number of rotatable bonds is 6. The third-order valence-corrected chi connectivity index (χ3v) is 5.63. The Balaban J connectivity index is 1.58. The van der Waals surface area contributed by atoms with Gasteiger partial charge in [0, 0.05) is 25.2 Å². The average molecular weight is 402 g/mol. The molecular weight excluding hydrogens is 383 g/mol. The first-order valence-corrected chi connectivity index (χ1v) is 10.5. The maximum atomic E-state index is 13.5. The van der Waals surface area contributed by atoms with Gasteiger partial charge in [-0.3, -0.25) is 9.10 Å². The number of amides is 1. The normalized spacial score (nSPS) is 13.0. The van der Waals surface area contributed by atoms with Gasteiger partial charge >= 0.3 is 0 Å². The van der Waals surface area contributed by atoms with Crippen LogP contribution in [-0.4, -0.2) is 40.2 Å². The van der Waals surface area contributed by atoms with E-state index in [0.717, 1.165) is 11.8 Å². The van der Waals surface area contributed by atoms with E-state index in [4.69, 9.17) is 5.26 Å². The molecule has 7 nitrogen and oxygen atoms in total. The van der Waals surface area contributed by atoms with E-state index in [-0.39, 0.29) is 18.0 Å². The van der Waals surface area contributed by atoms with E-state index in [2.05, 4.69) is 10.6 Å². The Hall–Kier alpha value is -3.12. The van der Waals surface area contributed by atoms with Crippen LogP contribution in [0.1, 0.15) is 21.5 Å². The number of carbonyl (C=O) groups excluding carboxylic acids is 1. The fourth-order valence-corrected chi connectivity index (χ4v) is 4.08. The Morgan fingerprint density at radius 1 is 1.29 bits per heavy atom. The minimum absolute atomic E-state index is 0.0668. The molecule has 2 aromatic carbocycles. The number of benzene rings is 2. The standard InChI is InChI=1S/C19H19FN4O3S/c1-28(26,27)24-10-7-13-11-14(5-6-18(13)24)19(25)23-9-8-22-17-4-2-3-16(20)15(17)12-21/h2-6,11,22H,7-10H2,1H3,(H,23,25). The minimum atomic E-state index is -3.33. The first-order chi connectivity index (χ1) is 13.3. The van der Waals surface area contributed by atoms with Crippen LogP contribution in [0.4, 0.5) is 15.8 Å². The molecule has 0 bridgehead atoms. The molecule has 2 N–H and O–H groups in total. The van der Waals surface area contributed by atoms with Crippen molar-refractivity contribution < 1.29 is 17.6 Å². The summed E-state index contributed by atoms with van der Waals surface area (Å²) in [5, 5.41) is 14.7. The maximum Gasteiger partial charge on any atom is 0.251 e. The van der Waals surface area contributed by atoms with Gasteiger partial charge in [-0.15, -0.1) is 0 Å². The summed E-state index contributed by atoms with van der Waals surface area (Å²) in [5.41, 5.74) is 2.17. The van der Waals surface area contributed by atoms with Crippen LogP contribution in [0.25, 0.3) is 0 Å². The van der Waals surface area contributed by atoms with Gasteiger partial charge in [0.2, 0.25) is 10.0 Å². The Kier molecular flexibility index (Phi) is 5.51. The lowest BCUT2D eigenvalue weighted by Crippen LogP contribution is -2.29. The summed E-state index contributed by atoms with van der Waals surface area (Å²) in [4.78, 5) is 12.3. The smallest absolute Gasteiger partial charge is 0.251 e. The van der Waals surface area contributed by atoms with Crippen molar-refractivity contribution in [3.8, 4) is 6.07 Å². The van der Waals surface area contributed by atoms with E-state index in [1.165, 1.54) is 16.4 Å². The van der Waals surface area contributed by atoms with Crippen molar-refractivity contribution in [3.63, 3.8) is 0 Å². The number of halogens is 1. The highest BCUT2D eigenvalue weighted by Gasteiger charge is 2.26. The van der Waals surface area contributed by atoms with Crippen LogP contribution in [0.5, 0.6) is 0 Å². The SMILES string of the molecule is CS(=O)(=O)N1CCc2cc(C(=O)NCCNc3cccc(F)c3C#N)ccc21. The molecule has 0 saturated heterocycles. The number of sulfonamides is 1. The summed E-state index contributed by atoms with van der Waals surface area (Å²) in [6.45, 7) is 0.960. The van der Waals surface area contributed by atoms with Crippen molar-refractivity contribution in [2.45, 2.75) is 6.42 Å². The zero-order valence-electron chi connectivity index (χ0n) is 15.2. The summed E-state index contributed by atoms with van der Waals surface area (Å²) < 4.78 is 38.4. The van der Waals surface area contributed by atoms with E-state index >= 15 is 0 Å². The van der Waals surface area contributed by atoms with E-state index in [9.17, 15) is 17.6 Å². The fourth-order valence-electron chi connectivity index (χ4n) is 3.12. The fraction of sp³-hybridized carbons (Fsp3) is 0.263. The van der Waals surface area contributed by atoms with Crippen LogP contribution in [0.15, 0.2) is 36.4 Å². The Morgan fingerprint density at radius 3 is 2.79 bits per heavy atom. The molecule has 146 valence electrons. The number of nitriles is 1. The maximum absolute atomic E-state index is 13.5. The first-order valence-electron chi connectivity index (χ1n) is 8.62. The average Bonchev–Trinajstić information content (AvgIpc) is 3.08. The van der Waals surface area contributed by atoms with Gasteiger partial charge in [-0.1, -0.05) is 6.07 Å². The largest absolute Gasteiger partial charge is 0.382 e. The van der Waals surface area contributed by atoms with Crippen molar-refractivity contribution in [3.05, 3.63) is 58.9 Å². The summed E-state index contributed by atoms with van der Waals surface area (Å²) in [5.74, 6) is -0.889. The number of carbonyl (C=O) groups is 1. The molecule has 0 aliphatic carbocycles. The predicted molar refractivity (Wildman–Crippen MR) is 104 cm³/mol. The lowest BCUT2D eigenvalue weighted by Gasteiger charge is -2.16. The van der Waals surface area contributed by atoms with E-state index in [1.54, 1.807) is 30.3 Å². The van der Waals surface area contributed by atoms with Crippen molar-refractivity contribution >= 4 is 27.3 Å². The number of hydrogen-bond donors (Lipinski definition) is 2. The first kappa shape index (κ1) is 19.6. The molecule has 0 spiro atoms. The number of hydrogen-bond acceptors (Lipinski definition) is 5. The summed E-state index contributed by atoms with van der Waals surface area (Å²) in [7, 11) is -3.33. The van der Waals surface area contributed by atoms with Crippen LogP contribution in [0, 0.1) is 17.1 Å². The molecule has 0 radical (unpaired) electrons. The topological polar surface area (TPSA) is 102 Å². The number of nitrogens with zero attached hydrogens (tertiary/aromatic N) is 2. The summed E-state index contributed by atoms with van der Waals surface area (Å²) in [6.07, 6.45) is 1.72. The number of anilines is 2. The van der Waals surface area contributed by atoms with Gasteiger partial charge in [-0.2, -0.15) is 5.26 Å². The zero-order valence-corrected chi connectivity index (χ0v) is 16.0. The predicted octanol–water partition coefficient (Wildman–Crippen LogP) is 1.86. The van der Waals surface area contributed by atoms with Gasteiger partial charge in [0.15, 0.2) is 0 Å². The number of fused-ring (bicyclic) bond motifs is 1. The lowest BCUT2D eigenvalue weighted by atomic mass is 10.1. The number of nitrogens with one attached hydrogen (secondary N) is 2. The molecule has 0 saturated carbocycles. The molecule has 9 heteroatoms. The third kappa shape index (κ3) is 4.07. The van der Waals surface area contributed by atoms with Crippen molar-refractivity contribution in [2.75, 3.05) is 35.5 Å². The molecule has 0 aromatic heterocycles. The Bertz CT molecular complexity index is 1060. The molecule has 1 amide bonds. The van der Waals surface area contributed by atoms with Crippen LogP contribution in [-0.2, 0) is 16.4 Å². The van der Waals surface area contributed by atoms with Crippen LogP contribution >= 0.6 is 0 Å². The second-order valence-corrected chi connectivity index (χ2v) is 8.29. The van der Waals surface area contributed by atoms with Gasteiger partial charge in [0.25, 0.3) is 5.91 Å². The van der Waals surface area contributed by atoms with Crippen molar-refractivity contribution in [1.82, 2.24) is 5.32 Å². The lowest BCUT2D eigenvalue weighted by molar-refractivity contribution is 0.0955. The molecule has 1 aliphatic heterocycles. The molecule has 0 atom stereocenters. The van der Waals surface area contributed by atoms with Crippen LogP contribution < -0.4 is 14.9 Å². The highest BCUT2D eigenvalue weighted by atomic mass is 32.2. The molecule has 2 aromatic rings. The minimum Gasteiger partial charge on any atom is -0.382 e. The second kappa shape index (κ2) is 7.86. The van der Waals surface area contributed by atoms with Crippen LogP contribution in [0.2, 0.25) is 0 Å². The van der Waals surface area contributed by atoms with E-state index < -0.39 is 15.8 Å². The molecule has 0 fully saturated rings. The van der Waals surface area contributed by atoms with Gasteiger partial charge in [-0.25, -0.2) is 12.8 Å². The molecule has 3 rings (SSSR count). The third-order valence-electron chi connectivity index (χ3n) is 4.45. The van der Waals surface area contributed by atoms with Crippen molar-refractivity contribution in [1.29, 1.82) is 5.26 Å². The molecule has 28 heavy (non-hydrogen) atoms. The van der Waals surface area contributed by atoms with Gasteiger partial charge < -0.3 is 10.6 Å². The Labute approximate surface area is 162 Å². The van der Waals surface area contributed by atoms with E-state index in [0.29, 0.717) is 36.4 Å². The van der Waals surface area contributed by atoms with Gasteiger partial charge in [-0.05, 0) is 42.3 Å². The molecule has 0 unspecified atom stereocenters. The molecule has 1 aliphatic rings. The summed E-state index contributed by atoms with van der Waals surface area (Å²) >= 11 is 0. The van der Waals surface area contributed by atoms with Gasteiger partial charge in [0.1, 0.15) is 17.4 Å². The molecule has 1 heterocycles. The Morgan fingerprint density at radius 2 is 2.07 bits per heavy atom.